The van der Waals surface area contributed by atoms with Crippen molar-refractivity contribution in [2.24, 2.45) is 0 Å². The van der Waals surface area contributed by atoms with Crippen LogP contribution in [0.3, 0.4) is 0 Å². The molecule has 2 fully saturated rings. The fourth-order valence-corrected chi connectivity index (χ4v) is 4.31. The Morgan fingerprint density at radius 3 is 2.56 bits per heavy atom. The van der Waals surface area contributed by atoms with E-state index in [1.54, 1.807) is 0 Å². The normalized spacial score (nSPS) is 24.2. The Labute approximate surface area is 150 Å². The zero-order chi connectivity index (χ0) is 17.7. The van der Waals surface area contributed by atoms with Crippen LogP contribution in [0.1, 0.15) is 44.6 Å². The lowest BCUT2D eigenvalue weighted by atomic mass is 9.85. The number of rotatable bonds is 7. The second-order valence-electron chi connectivity index (χ2n) is 7.17. The molecule has 5 heteroatoms. The lowest BCUT2D eigenvalue weighted by Gasteiger charge is -2.44. The minimum atomic E-state index is -0.278. The highest BCUT2D eigenvalue weighted by Gasteiger charge is 2.50. The molecule has 0 saturated carbocycles. The third-order valence-electron chi connectivity index (χ3n) is 5.48. The van der Waals surface area contributed by atoms with E-state index in [2.05, 4.69) is 28.9 Å². The predicted molar refractivity (Wildman–Crippen MR) is 97.5 cm³/mol. The van der Waals surface area contributed by atoms with E-state index in [9.17, 15) is 4.79 Å². The van der Waals surface area contributed by atoms with Gasteiger partial charge in [0, 0.05) is 19.6 Å². The zero-order valence-corrected chi connectivity index (χ0v) is 15.2. The van der Waals surface area contributed by atoms with Gasteiger partial charge in [-0.2, -0.15) is 0 Å². The fraction of sp³-hybridized carbons (Fsp3) is 0.650. The molecule has 1 unspecified atom stereocenters. The number of ether oxygens (including phenoxy) is 1. The predicted octanol–water partition coefficient (Wildman–Crippen LogP) is 2.42. The Hall–Kier alpha value is -1.59. The van der Waals surface area contributed by atoms with Gasteiger partial charge in [0.25, 0.3) is 0 Å². The lowest BCUT2D eigenvalue weighted by molar-refractivity contribution is -0.147. The molecule has 2 saturated heterocycles. The van der Waals surface area contributed by atoms with Gasteiger partial charge < -0.3 is 14.7 Å². The van der Waals surface area contributed by atoms with E-state index < -0.39 is 0 Å². The third-order valence-corrected chi connectivity index (χ3v) is 5.48. The summed E-state index contributed by atoms with van der Waals surface area (Å²) in [5.74, 6) is 1.12. The minimum absolute atomic E-state index is 0.0222. The first-order valence-electron chi connectivity index (χ1n) is 9.56. The van der Waals surface area contributed by atoms with Crippen LogP contribution in [0.2, 0.25) is 0 Å². The first-order chi connectivity index (χ1) is 12.2. The highest BCUT2D eigenvalue weighted by atomic mass is 16.5. The van der Waals surface area contributed by atoms with E-state index in [-0.39, 0.29) is 12.1 Å². The van der Waals surface area contributed by atoms with Crippen molar-refractivity contribution in [3.8, 4) is 5.75 Å². The summed E-state index contributed by atoms with van der Waals surface area (Å²) >= 11 is 0. The fourth-order valence-electron chi connectivity index (χ4n) is 4.31. The van der Waals surface area contributed by atoms with Gasteiger partial charge in [-0.25, -0.2) is 0 Å². The van der Waals surface area contributed by atoms with Gasteiger partial charge in [0.15, 0.2) is 0 Å². The monoisotopic (exact) mass is 346 g/mol. The van der Waals surface area contributed by atoms with Crippen molar-refractivity contribution < 1.29 is 14.6 Å². The molecule has 1 aromatic rings. The van der Waals surface area contributed by atoms with E-state index in [4.69, 9.17) is 9.84 Å². The largest absolute Gasteiger partial charge is 0.491 e. The standard InChI is InChI=1S/C20H30N2O3/c1-2-11-21-12-3-9-20(19(21)24)10-4-13-22(20)16-17-5-7-18(8-6-17)25-15-14-23/h5-8,23H,2-4,9-16H2,1H3. The smallest absolute Gasteiger partial charge is 0.243 e. The molecular formula is C20H30N2O3. The Morgan fingerprint density at radius 1 is 1.16 bits per heavy atom. The van der Waals surface area contributed by atoms with Crippen LogP contribution in [-0.4, -0.2) is 59.2 Å². The highest BCUT2D eigenvalue weighted by molar-refractivity contribution is 5.87. The highest BCUT2D eigenvalue weighted by Crippen LogP contribution is 2.39. The second kappa shape index (κ2) is 8.19. The molecule has 0 aromatic heterocycles. The molecule has 0 aliphatic carbocycles. The molecule has 2 aliphatic rings. The summed E-state index contributed by atoms with van der Waals surface area (Å²) in [7, 11) is 0. The van der Waals surface area contributed by atoms with Crippen LogP contribution in [0.15, 0.2) is 24.3 Å². The number of benzene rings is 1. The summed E-state index contributed by atoms with van der Waals surface area (Å²) in [6.07, 6.45) is 5.21. The summed E-state index contributed by atoms with van der Waals surface area (Å²) in [6, 6.07) is 8.02. The Kier molecular flexibility index (Phi) is 5.97. The van der Waals surface area contributed by atoms with E-state index in [0.717, 1.165) is 64.0 Å². The number of hydrogen-bond donors (Lipinski definition) is 1. The van der Waals surface area contributed by atoms with Crippen molar-refractivity contribution in [1.29, 1.82) is 0 Å². The number of amides is 1. The number of carbonyl (C=O) groups is 1. The quantitative estimate of drug-likeness (QED) is 0.824. The number of aliphatic hydroxyl groups excluding tert-OH is 1. The van der Waals surface area contributed by atoms with Gasteiger partial charge in [-0.3, -0.25) is 9.69 Å². The van der Waals surface area contributed by atoms with Crippen molar-refractivity contribution in [2.45, 2.75) is 51.1 Å². The average Bonchev–Trinajstić information content (AvgIpc) is 3.02. The maximum Gasteiger partial charge on any atom is 0.243 e. The number of aliphatic hydroxyl groups is 1. The number of likely N-dealkylation sites (tertiary alicyclic amines) is 2. The molecule has 5 nitrogen and oxygen atoms in total. The molecule has 0 bridgehead atoms. The number of piperidine rings is 1. The van der Waals surface area contributed by atoms with Gasteiger partial charge in [0.2, 0.25) is 5.91 Å². The summed E-state index contributed by atoms with van der Waals surface area (Å²) < 4.78 is 5.42. The van der Waals surface area contributed by atoms with Crippen molar-refractivity contribution in [3.63, 3.8) is 0 Å². The molecule has 138 valence electrons. The van der Waals surface area contributed by atoms with Gasteiger partial charge >= 0.3 is 0 Å². The van der Waals surface area contributed by atoms with Crippen molar-refractivity contribution in [1.82, 2.24) is 9.80 Å². The van der Waals surface area contributed by atoms with E-state index in [1.807, 2.05) is 12.1 Å². The maximum atomic E-state index is 13.2. The molecule has 2 heterocycles. The molecule has 1 aromatic carbocycles. The van der Waals surface area contributed by atoms with Crippen molar-refractivity contribution >= 4 is 5.91 Å². The summed E-state index contributed by atoms with van der Waals surface area (Å²) in [5, 5.41) is 8.83. The van der Waals surface area contributed by atoms with E-state index in [0.29, 0.717) is 12.5 Å². The first kappa shape index (κ1) is 18.2. The Balaban J connectivity index is 1.70. The second-order valence-corrected chi connectivity index (χ2v) is 7.17. The zero-order valence-electron chi connectivity index (χ0n) is 15.2. The van der Waals surface area contributed by atoms with Crippen LogP contribution in [0.4, 0.5) is 0 Å². The summed E-state index contributed by atoms with van der Waals surface area (Å²) in [6.45, 7) is 6.08. The summed E-state index contributed by atoms with van der Waals surface area (Å²) in [5.41, 5.74) is 0.928. The van der Waals surface area contributed by atoms with Crippen LogP contribution in [0, 0.1) is 0 Å². The minimum Gasteiger partial charge on any atom is -0.491 e. The van der Waals surface area contributed by atoms with E-state index in [1.165, 1.54) is 5.56 Å². The maximum absolute atomic E-state index is 13.2. The van der Waals surface area contributed by atoms with Crippen LogP contribution in [0.25, 0.3) is 0 Å². The van der Waals surface area contributed by atoms with Crippen molar-refractivity contribution in [3.05, 3.63) is 29.8 Å². The van der Waals surface area contributed by atoms with Gasteiger partial charge in [0.05, 0.1) is 6.61 Å². The number of hydrogen-bond acceptors (Lipinski definition) is 4. The molecular weight excluding hydrogens is 316 g/mol. The van der Waals surface area contributed by atoms with E-state index >= 15 is 0 Å². The van der Waals surface area contributed by atoms with Gasteiger partial charge in [-0.15, -0.1) is 0 Å². The topological polar surface area (TPSA) is 53.0 Å². The van der Waals surface area contributed by atoms with Crippen LogP contribution in [0.5, 0.6) is 5.75 Å². The van der Waals surface area contributed by atoms with Gasteiger partial charge in [-0.05, 0) is 56.3 Å². The van der Waals surface area contributed by atoms with Crippen LogP contribution in [-0.2, 0) is 11.3 Å². The van der Waals surface area contributed by atoms with Gasteiger partial charge in [0.1, 0.15) is 17.9 Å². The molecule has 1 amide bonds. The molecule has 1 spiro atoms. The SMILES string of the molecule is CCCN1CCCC2(CCCN2Cc2ccc(OCCO)cc2)C1=O. The van der Waals surface area contributed by atoms with Crippen LogP contribution >= 0.6 is 0 Å². The third kappa shape index (κ3) is 3.82. The average molecular weight is 346 g/mol. The molecule has 1 N–H and O–H groups in total. The molecule has 25 heavy (non-hydrogen) atoms. The Morgan fingerprint density at radius 2 is 1.88 bits per heavy atom. The lowest BCUT2D eigenvalue weighted by Crippen LogP contribution is -2.59. The Bertz CT molecular complexity index is 573. The molecule has 1 atom stereocenters. The molecule has 2 aliphatic heterocycles. The molecule has 3 rings (SSSR count). The van der Waals surface area contributed by atoms with Gasteiger partial charge in [-0.1, -0.05) is 19.1 Å². The molecule has 0 radical (unpaired) electrons. The van der Waals surface area contributed by atoms with Crippen molar-refractivity contribution in [2.75, 3.05) is 32.8 Å². The number of carbonyl (C=O) groups excluding carboxylic acids is 1. The number of nitrogens with zero attached hydrogens (tertiary/aromatic N) is 2. The first-order valence-corrected chi connectivity index (χ1v) is 9.56. The van der Waals surface area contributed by atoms with Crippen LogP contribution < -0.4 is 4.74 Å². The summed E-state index contributed by atoms with van der Waals surface area (Å²) in [4.78, 5) is 17.6.